The fourth-order valence-electron chi connectivity index (χ4n) is 1.36. The third-order valence-corrected chi connectivity index (χ3v) is 3.70. The molecule has 0 radical (unpaired) electrons. The fourth-order valence-corrected chi connectivity index (χ4v) is 2.39. The Hall–Kier alpha value is -1.21. The van der Waals surface area contributed by atoms with Crippen molar-refractivity contribution >= 4 is 17.6 Å². The maximum absolute atomic E-state index is 11.9. The van der Waals surface area contributed by atoms with E-state index >= 15 is 0 Å². The van der Waals surface area contributed by atoms with Crippen LogP contribution >= 0.6 is 11.3 Å². The first-order valence-electron chi connectivity index (χ1n) is 5.82. The molecule has 2 N–H and O–H groups in total. The molecule has 1 heterocycles. The number of aromatic nitrogens is 1. The molecule has 0 aliphatic carbocycles. The number of hydrogen-bond donors (Lipinski definition) is 1. The molecule has 0 spiro atoms. The number of aliphatic imine (C=N–C) groups is 1. The van der Waals surface area contributed by atoms with Crippen LogP contribution in [0, 0.1) is 0 Å². The summed E-state index contributed by atoms with van der Waals surface area (Å²) in [6.07, 6.45) is 0.811. The molecule has 3 nitrogen and oxygen atoms in total. The van der Waals surface area contributed by atoms with Gasteiger partial charge in [0, 0.05) is 29.2 Å². The lowest BCUT2D eigenvalue weighted by atomic mass is 10.1. The molecule has 0 bridgehead atoms. The zero-order valence-electron chi connectivity index (χ0n) is 10.7. The Balaban J connectivity index is 2.72. The van der Waals surface area contributed by atoms with E-state index in [0.717, 1.165) is 22.5 Å². The van der Waals surface area contributed by atoms with Crippen LogP contribution < -0.4 is 5.73 Å². The summed E-state index contributed by atoms with van der Waals surface area (Å²) >= 11 is 1.48. The first-order valence-corrected chi connectivity index (χ1v) is 6.64. The van der Waals surface area contributed by atoms with Gasteiger partial charge in [0.25, 0.3) is 0 Å². The lowest BCUT2D eigenvalue weighted by Gasteiger charge is -2.05. The van der Waals surface area contributed by atoms with Crippen LogP contribution in [0.5, 0.6) is 0 Å². The molecule has 1 aromatic heterocycles. The highest BCUT2D eigenvalue weighted by Crippen LogP contribution is 2.28. The third-order valence-electron chi connectivity index (χ3n) is 2.37. The Kier molecular flexibility index (Phi) is 5.68. The normalized spacial score (nSPS) is 16.3. The topological polar surface area (TPSA) is 51.3 Å². The van der Waals surface area contributed by atoms with E-state index in [0.29, 0.717) is 0 Å². The Bertz CT molecular complexity index is 449. The molecule has 0 aliphatic rings. The second-order valence-electron chi connectivity index (χ2n) is 4.07. The van der Waals surface area contributed by atoms with Gasteiger partial charge in [-0.15, -0.1) is 11.3 Å². The second kappa shape index (κ2) is 6.81. The Morgan fingerprint density at radius 1 is 1.53 bits per heavy atom. The van der Waals surface area contributed by atoms with Gasteiger partial charge in [0.15, 0.2) is 0 Å². The van der Waals surface area contributed by atoms with Crippen molar-refractivity contribution < 1.29 is 13.2 Å². The average Bonchev–Trinajstić information content (AvgIpc) is 2.77. The number of alkyl halides is 3. The van der Waals surface area contributed by atoms with Crippen molar-refractivity contribution in [1.29, 1.82) is 0 Å². The summed E-state index contributed by atoms with van der Waals surface area (Å²) in [7, 11) is 0. The second-order valence-corrected chi connectivity index (χ2v) is 5.16. The highest BCUT2D eigenvalue weighted by atomic mass is 32.1. The molecule has 19 heavy (non-hydrogen) atoms. The maximum Gasteiger partial charge on any atom is 0.426 e. The lowest BCUT2D eigenvalue weighted by Crippen LogP contribution is -2.07. The Morgan fingerprint density at radius 2 is 2.21 bits per heavy atom. The molecular weight excluding hydrogens is 275 g/mol. The van der Waals surface area contributed by atoms with Crippen LogP contribution in [0.3, 0.4) is 0 Å². The number of hydrogen-bond acceptors (Lipinski definition) is 4. The van der Waals surface area contributed by atoms with Gasteiger partial charge < -0.3 is 5.73 Å². The fraction of sp³-hybridized carbons (Fsp3) is 0.500. The van der Waals surface area contributed by atoms with Gasteiger partial charge in [-0.3, -0.25) is 4.99 Å². The molecule has 0 fully saturated rings. The molecule has 0 aromatic carbocycles. The molecule has 2 atom stereocenters. The summed E-state index contributed by atoms with van der Waals surface area (Å²) in [5.74, 6) is -0.0390. The maximum atomic E-state index is 11.9. The molecule has 1 rings (SSSR count). The number of nitrogens with two attached hydrogens (primary N) is 1. The van der Waals surface area contributed by atoms with Crippen LogP contribution in [0.15, 0.2) is 23.5 Å². The van der Waals surface area contributed by atoms with Gasteiger partial charge in [0.2, 0.25) is 0 Å². The van der Waals surface area contributed by atoms with Crippen molar-refractivity contribution in [1.82, 2.24) is 4.98 Å². The predicted octanol–water partition coefficient (Wildman–Crippen LogP) is 3.80. The van der Waals surface area contributed by atoms with E-state index in [4.69, 9.17) is 5.73 Å². The van der Waals surface area contributed by atoms with Crippen molar-refractivity contribution in [3.8, 4) is 0 Å². The SMILES string of the molecule is CCC(/C=C\N=C\C(F)(F)F)c1ncc(C(C)N)s1. The van der Waals surface area contributed by atoms with E-state index in [9.17, 15) is 13.2 Å². The molecule has 0 amide bonds. The summed E-state index contributed by atoms with van der Waals surface area (Å²) in [4.78, 5) is 8.43. The van der Waals surface area contributed by atoms with E-state index in [1.807, 2.05) is 13.8 Å². The highest BCUT2D eigenvalue weighted by molar-refractivity contribution is 7.11. The number of rotatable bonds is 5. The minimum absolute atomic E-state index is 0.0363. The van der Waals surface area contributed by atoms with Crippen molar-refractivity contribution in [3.05, 3.63) is 28.4 Å². The minimum Gasteiger partial charge on any atom is -0.323 e. The van der Waals surface area contributed by atoms with Crippen LogP contribution in [-0.2, 0) is 0 Å². The summed E-state index contributed by atoms with van der Waals surface area (Å²) in [6.45, 7) is 3.80. The van der Waals surface area contributed by atoms with Gasteiger partial charge in [0.05, 0.1) is 5.01 Å². The average molecular weight is 291 g/mol. The Morgan fingerprint density at radius 3 is 2.68 bits per heavy atom. The van der Waals surface area contributed by atoms with Crippen LogP contribution in [0.4, 0.5) is 13.2 Å². The van der Waals surface area contributed by atoms with Crippen LogP contribution in [0.1, 0.15) is 42.1 Å². The van der Waals surface area contributed by atoms with Gasteiger partial charge in [-0.1, -0.05) is 13.0 Å². The molecule has 2 unspecified atom stereocenters. The van der Waals surface area contributed by atoms with Crippen LogP contribution in [-0.4, -0.2) is 17.4 Å². The minimum atomic E-state index is -4.38. The molecule has 7 heteroatoms. The largest absolute Gasteiger partial charge is 0.426 e. The predicted molar refractivity (Wildman–Crippen MR) is 71.4 cm³/mol. The lowest BCUT2D eigenvalue weighted by molar-refractivity contribution is -0.0535. The molecule has 0 aliphatic heterocycles. The standard InChI is InChI=1S/C12H16F3N3S/c1-3-9(4-5-17-7-12(13,14)15)11-18-6-10(19-11)8(2)16/h4-9H,3,16H2,1-2H3/b5-4-,17-7+. The van der Waals surface area contributed by atoms with Crippen molar-refractivity contribution in [2.45, 2.75) is 38.4 Å². The zero-order valence-corrected chi connectivity index (χ0v) is 11.5. The van der Waals surface area contributed by atoms with E-state index in [1.165, 1.54) is 11.3 Å². The van der Waals surface area contributed by atoms with Crippen molar-refractivity contribution in [2.24, 2.45) is 10.7 Å². The first-order chi connectivity index (χ1) is 8.83. The van der Waals surface area contributed by atoms with E-state index in [2.05, 4.69) is 9.98 Å². The number of halogens is 3. The van der Waals surface area contributed by atoms with E-state index < -0.39 is 6.18 Å². The smallest absolute Gasteiger partial charge is 0.323 e. The van der Waals surface area contributed by atoms with E-state index in [1.54, 1.807) is 12.3 Å². The van der Waals surface area contributed by atoms with Gasteiger partial charge in [-0.25, -0.2) is 4.98 Å². The zero-order chi connectivity index (χ0) is 14.5. The van der Waals surface area contributed by atoms with Crippen LogP contribution in [0.25, 0.3) is 0 Å². The monoisotopic (exact) mass is 291 g/mol. The van der Waals surface area contributed by atoms with Gasteiger partial charge in [-0.05, 0) is 13.3 Å². The number of nitrogens with zero attached hydrogens (tertiary/aromatic N) is 2. The Labute approximate surface area is 114 Å². The molecule has 106 valence electrons. The molecule has 0 saturated heterocycles. The van der Waals surface area contributed by atoms with E-state index in [-0.39, 0.29) is 18.2 Å². The molecule has 0 saturated carbocycles. The van der Waals surface area contributed by atoms with Gasteiger partial charge in [0.1, 0.15) is 6.21 Å². The quantitative estimate of drug-likeness (QED) is 0.839. The molecule has 1 aromatic rings. The summed E-state index contributed by atoms with van der Waals surface area (Å²) in [5, 5.41) is 0.841. The molecular formula is C12H16F3N3S. The van der Waals surface area contributed by atoms with Crippen molar-refractivity contribution in [3.63, 3.8) is 0 Å². The van der Waals surface area contributed by atoms with Gasteiger partial charge in [-0.2, -0.15) is 13.2 Å². The highest BCUT2D eigenvalue weighted by Gasteiger charge is 2.23. The first kappa shape index (κ1) is 15.8. The summed E-state index contributed by atoms with van der Waals surface area (Å²) in [6, 6.07) is -0.0871. The number of allylic oxidation sites excluding steroid dienone is 1. The summed E-state index contributed by atoms with van der Waals surface area (Å²) in [5.41, 5.74) is 5.74. The third kappa shape index (κ3) is 5.52. The summed E-state index contributed by atoms with van der Waals surface area (Å²) < 4.78 is 35.6. The van der Waals surface area contributed by atoms with Crippen LogP contribution in [0.2, 0.25) is 0 Å². The number of thiazole rings is 1. The van der Waals surface area contributed by atoms with Gasteiger partial charge >= 0.3 is 6.18 Å². The van der Waals surface area contributed by atoms with Crippen molar-refractivity contribution in [2.75, 3.05) is 0 Å².